The van der Waals surface area contributed by atoms with Gasteiger partial charge >= 0.3 is 0 Å². The average Bonchev–Trinajstić information content (AvgIpc) is 3.14. The highest BCUT2D eigenvalue weighted by atomic mass is 16.4. The lowest BCUT2D eigenvalue weighted by Crippen LogP contribution is -2.39. The number of benzene rings is 1. The molecule has 0 bridgehead atoms. The summed E-state index contributed by atoms with van der Waals surface area (Å²) in [4.78, 5) is 15.1. The van der Waals surface area contributed by atoms with Crippen LogP contribution in [-0.4, -0.2) is 50.8 Å². The van der Waals surface area contributed by atoms with Gasteiger partial charge in [0.05, 0.1) is 5.52 Å². The number of piperidine rings is 1. The highest BCUT2D eigenvalue weighted by molar-refractivity contribution is 5.93. The quantitative estimate of drug-likeness (QED) is 0.709. The van der Waals surface area contributed by atoms with Crippen molar-refractivity contribution < 1.29 is 9.21 Å². The molecule has 8 nitrogen and oxygen atoms in total. The van der Waals surface area contributed by atoms with Crippen LogP contribution in [0, 0.1) is 18.8 Å². The Morgan fingerprint density at radius 1 is 1.17 bits per heavy atom. The van der Waals surface area contributed by atoms with E-state index in [9.17, 15) is 4.79 Å². The van der Waals surface area contributed by atoms with Gasteiger partial charge in [-0.2, -0.15) is 0 Å². The monoisotopic (exact) mass is 394 g/mol. The van der Waals surface area contributed by atoms with E-state index in [1.165, 1.54) is 0 Å². The second-order valence-corrected chi connectivity index (χ2v) is 8.09. The summed E-state index contributed by atoms with van der Waals surface area (Å²) in [5.74, 6) is 2.12. The fraction of sp³-hybridized carbons (Fsp3) is 0.476. The number of nitrogens with zero attached hydrogens (tertiary/aromatic N) is 5. The number of anilines is 1. The summed E-state index contributed by atoms with van der Waals surface area (Å²) in [6.07, 6.45) is 1.75. The molecule has 0 unspecified atom stereocenters. The minimum absolute atomic E-state index is 0.0172. The molecule has 1 saturated heterocycles. The van der Waals surface area contributed by atoms with Gasteiger partial charge in [0.2, 0.25) is 17.7 Å². The minimum Gasteiger partial charge on any atom is -0.421 e. The van der Waals surface area contributed by atoms with Crippen LogP contribution in [0.2, 0.25) is 0 Å². The van der Waals surface area contributed by atoms with Crippen LogP contribution in [0.5, 0.6) is 0 Å². The van der Waals surface area contributed by atoms with Crippen molar-refractivity contribution in [3.63, 3.8) is 0 Å². The van der Waals surface area contributed by atoms with E-state index in [2.05, 4.69) is 44.5 Å². The second kappa shape index (κ2) is 8.24. The Hall–Kier alpha value is -2.87. The lowest BCUT2D eigenvalue weighted by atomic mass is 9.95. The first kappa shape index (κ1) is 19.4. The van der Waals surface area contributed by atoms with Gasteiger partial charge in [0, 0.05) is 30.3 Å². The lowest BCUT2D eigenvalue weighted by molar-refractivity contribution is -0.121. The highest BCUT2D eigenvalue weighted by Gasteiger charge is 2.25. The predicted molar refractivity (Wildman–Crippen MR) is 110 cm³/mol. The van der Waals surface area contributed by atoms with E-state index in [0.717, 1.165) is 48.9 Å². The van der Waals surface area contributed by atoms with Crippen molar-refractivity contribution >= 4 is 22.6 Å². The number of carbonyl (C=O) groups excluding carboxylic acids is 1. The van der Waals surface area contributed by atoms with Gasteiger partial charge < -0.3 is 14.6 Å². The average molecular weight is 394 g/mol. The van der Waals surface area contributed by atoms with Gasteiger partial charge in [0.15, 0.2) is 5.82 Å². The summed E-state index contributed by atoms with van der Waals surface area (Å²) in [7, 11) is 0. The molecule has 4 rings (SSSR count). The van der Waals surface area contributed by atoms with Gasteiger partial charge in [-0.25, -0.2) is 0 Å². The van der Waals surface area contributed by atoms with Crippen LogP contribution in [0.3, 0.4) is 0 Å². The standard InChI is InChI=1S/C21H26N6O2/c1-13(2)12-27-8-6-15(7-9-27)20(28)22-19-11-17-10-16(4-5-18(17)24-25-19)21-26-23-14(3)29-21/h4-5,10-11,13,15H,6-9,12H2,1-3H3,(H,22,25,28). The van der Waals surface area contributed by atoms with Crippen molar-refractivity contribution in [1.29, 1.82) is 0 Å². The van der Waals surface area contributed by atoms with Gasteiger partial charge in [-0.05, 0) is 56.1 Å². The summed E-state index contributed by atoms with van der Waals surface area (Å²) >= 11 is 0. The maximum Gasteiger partial charge on any atom is 0.247 e. The van der Waals surface area contributed by atoms with Gasteiger partial charge in [-0.1, -0.05) is 13.8 Å². The molecule has 1 aliphatic rings. The number of fused-ring (bicyclic) bond motifs is 1. The molecule has 1 amide bonds. The molecule has 0 radical (unpaired) electrons. The summed E-state index contributed by atoms with van der Waals surface area (Å²) in [5, 5.41) is 20.1. The Kier molecular flexibility index (Phi) is 5.53. The number of hydrogen-bond donors (Lipinski definition) is 1. The van der Waals surface area contributed by atoms with E-state index in [4.69, 9.17) is 4.42 Å². The first-order valence-electron chi connectivity index (χ1n) is 10.1. The zero-order valence-electron chi connectivity index (χ0n) is 17.1. The second-order valence-electron chi connectivity index (χ2n) is 8.09. The number of amides is 1. The fourth-order valence-corrected chi connectivity index (χ4v) is 3.77. The van der Waals surface area contributed by atoms with Crippen molar-refractivity contribution in [2.75, 3.05) is 25.0 Å². The number of carbonyl (C=O) groups is 1. The SMILES string of the molecule is Cc1nnc(-c2ccc3nnc(NC(=O)C4CCN(CC(C)C)CC4)cc3c2)o1. The van der Waals surface area contributed by atoms with E-state index < -0.39 is 0 Å². The summed E-state index contributed by atoms with van der Waals surface area (Å²) in [5.41, 5.74) is 1.55. The Labute approximate surface area is 169 Å². The molecule has 29 heavy (non-hydrogen) atoms. The van der Waals surface area contributed by atoms with E-state index in [1.54, 1.807) is 6.92 Å². The van der Waals surface area contributed by atoms with Crippen molar-refractivity contribution in [3.8, 4) is 11.5 Å². The van der Waals surface area contributed by atoms with E-state index in [0.29, 0.717) is 23.5 Å². The van der Waals surface area contributed by atoms with E-state index >= 15 is 0 Å². The Morgan fingerprint density at radius 3 is 2.66 bits per heavy atom. The van der Waals surface area contributed by atoms with Crippen molar-refractivity contribution in [2.45, 2.75) is 33.6 Å². The molecule has 152 valence electrons. The van der Waals surface area contributed by atoms with Crippen LogP contribution < -0.4 is 5.32 Å². The molecule has 0 saturated carbocycles. The molecule has 8 heteroatoms. The number of aromatic nitrogens is 4. The fourth-order valence-electron chi connectivity index (χ4n) is 3.77. The molecule has 0 aliphatic carbocycles. The molecule has 3 heterocycles. The number of likely N-dealkylation sites (tertiary alicyclic amines) is 1. The Balaban J connectivity index is 1.44. The van der Waals surface area contributed by atoms with Crippen LogP contribution in [0.1, 0.15) is 32.6 Å². The topological polar surface area (TPSA) is 97.0 Å². The maximum absolute atomic E-state index is 12.7. The van der Waals surface area contributed by atoms with Crippen molar-refractivity contribution in [1.82, 2.24) is 25.3 Å². The normalized spacial score (nSPS) is 15.9. The molecule has 2 aromatic heterocycles. The van der Waals surface area contributed by atoms with Crippen LogP contribution in [0.15, 0.2) is 28.7 Å². The third-order valence-corrected chi connectivity index (χ3v) is 5.19. The summed E-state index contributed by atoms with van der Waals surface area (Å²) in [6.45, 7) is 9.22. The molecule has 0 spiro atoms. The highest BCUT2D eigenvalue weighted by Crippen LogP contribution is 2.24. The third-order valence-electron chi connectivity index (χ3n) is 5.19. The Morgan fingerprint density at radius 2 is 1.97 bits per heavy atom. The number of aryl methyl sites for hydroxylation is 1. The number of hydrogen-bond acceptors (Lipinski definition) is 7. The molecular weight excluding hydrogens is 368 g/mol. The van der Waals surface area contributed by atoms with Gasteiger partial charge in [0.25, 0.3) is 0 Å². The first-order chi connectivity index (χ1) is 14.0. The van der Waals surface area contributed by atoms with Crippen LogP contribution >= 0.6 is 0 Å². The van der Waals surface area contributed by atoms with Gasteiger partial charge in [-0.15, -0.1) is 20.4 Å². The van der Waals surface area contributed by atoms with E-state index in [1.807, 2.05) is 24.3 Å². The van der Waals surface area contributed by atoms with Gasteiger partial charge in [0.1, 0.15) is 0 Å². The van der Waals surface area contributed by atoms with Crippen LogP contribution in [-0.2, 0) is 4.79 Å². The van der Waals surface area contributed by atoms with Gasteiger partial charge in [-0.3, -0.25) is 4.79 Å². The molecule has 3 aromatic rings. The van der Waals surface area contributed by atoms with Crippen LogP contribution in [0.25, 0.3) is 22.4 Å². The molecule has 0 atom stereocenters. The minimum atomic E-state index is 0.0172. The van der Waals surface area contributed by atoms with Crippen molar-refractivity contribution in [2.24, 2.45) is 11.8 Å². The lowest BCUT2D eigenvalue weighted by Gasteiger charge is -2.32. The summed E-state index contributed by atoms with van der Waals surface area (Å²) < 4.78 is 5.49. The van der Waals surface area contributed by atoms with Crippen molar-refractivity contribution in [3.05, 3.63) is 30.2 Å². The molecule has 1 N–H and O–H groups in total. The number of rotatable bonds is 5. The molecule has 1 fully saturated rings. The van der Waals surface area contributed by atoms with E-state index in [-0.39, 0.29) is 11.8 Å². The molecular formula is C21H26N6O2. The zero-order valence-corrected chi connectivity index (χ0v) is 17.1. The Bertz CT molecular complexity index is 1010. The number of nitrogens with one attached hydrogen (secondary N) is 1. The maximum atomic E-state index is 12.7. The largest absolute Gasteiger partial charge is 0.421 e. The van der Waals surface area contributed by atoms with Crippen LogP contribution in [0.4, 0.5) is 5.82 Å². The molecule has 1 aliphatic heterocycles. The zero-order chi connectivity index (χ0) is 20.4. The smallest absolute Gasteiger partial charge is 0.247 e. The predicted octanol–water partition coefficient (Wildman–Crippen LogP) is 3.29. The third kappa shape index (κ3) is 4.59. The summed E-state index contributed by atoms with van der Waals surface area (Å²) in [6, 6.07) is 7.47. The molecule has 1 aromatic carbocycles. The first-order valence-corrected chi connectivity index (χ1v) is 10.1.